The summed E-state index contributed by atoms with van der Waals surface area (Å²) in [5.41, 5.74) is 2.08. The minimum absolute atomic E-state index is 0.447. The number of nitrogens with zero attached hydrogens (tertiary/aromatic N) is 2. The van der Waals surface area contributed by atoms with E-state index in [4.69, 9.17) is 9.47 Å². The highest BCUT2D eigenvalue weighted by atomic mass is 19.4. The first-order valence-electron chi connectivity index (χ1n) is 9.02. The molecule has 1 aromatic heterocycles. The van der Waals surface area contributed by atoms with Gasteiger partial charge in [0, 0.05) is 5.56 Å². The molecule has 7 heteroatoms. The normalized spacial score (nSPS) is 11.3. The summed E-state index contributed by atoms with van der Waals surface area (Å²) in [6, 6.07) is 14.2. The molecule has 0 saturated heterocycles. The molecular weight excluding hydrogens is 381 g/mol. The van der Waals surface area contributed by atoms with Crippen molar-refractivity contribution in [1.29, 1.82) is 0 Å². The zero-order valence-corrected chi connectivity index (χ0v) is 16.2. The first kappa shape index (κ1) is 20.5. The van der Waals surface area contributed by atoms with Crippen molar-refractivity contribution in [3.63, 3.8) is 0 Å². The molecule has 0 spiro atoms. The molecule has 4 nitrogen and oxygen atoms in total. The quantitative estimate of drug-likeness (QED) is 0.481. The topological polar surface area (TPSA) is 36.3 Å². The van der Waals surface area contributed by atoms with E-state index < -0.39 is 11.7 Å². The van der Waals surface area contributed by atoms with Gasteiger partial charge in [-0.3, -0.25) is 4.68 Å². The Balaban J connectivity index is 1.94. The maximum atomic E-state index is 12.8. The Kier molecular flexibility index (Phi) is 5.96. The molecule has 0 amide bonds. The van der Waals surface area contributed by atoms with Crippen LogP contribution in [0.2, 0.25) is 0 Å². The maximum absolute atomic E-state index is 12.8. The highest BCUT2D eigenvalue weighted by Crippen LogP contribution is 2.31. The Morgan fingerprint density at radius 2 is 1.72 bits per heavy atom. The molecule has 0 aliphatic carbocycles. The Hall–Kier alpha value is -3.22. The van der Waals surface area contributed by atoms with Crippen LogP contribution in [0.1, 0.15) is 23.7 Å². The van der Waals surface area contributed by atoms with Crippen molar-refractivity contribution in [2.24, 2.45) is 0 Å². The molecule has 0 N–H and O–H groups in total. The van der Waals surface area contributed by atoms with E-state index in [-0.39, 0.29) is 0 Å². The molecule has 0 aliphatic heterocycles. The molecule has 0 aliphatic rings. The lowest BCUT2D eigenvalue weighted by atomic mass is 10.1. The number of ether oxygens (including phenoxy) is 2. The highest BCUT2D eigenvalue weighted by Gasteiger charge is 2.30. The number of benzene rings is 2. The highest BCUT2D eigenvalue weighted by molar-refractivity contribution is 5.65. The lowest BCUT2D eigenvalue weighted by Crippen LogP contribution is -2.07. The average molecular weight is 402 g/mol. The van der Waals surface area contributed by atoms with E-state index in [1.807, 2.05) is 31.2 Å². The molecule has 0 radical (unpaired) electrons. The van der Waals surface area contributed by atoms with Gasteiger partial charge >= 0.3 is 6.18 Å². The van der Waals surface area contributed by atoms with Crippen molar-refractivity contribution in [3.05, 3.63) is 78.0 Å². The van der Waals surface area contributed by atoms with Crippen molar-refractivity contribution in [3.8, 4) is 17.0 Å². The smallest absolute Gasteiger partial charge is 0.416 e. The third-order valence-electron chi connectivity index (χ3n) is 4.38. The largest absolute Gasteiger partial charge is 0.497 e. The molecule has 3 rings (SSSR count). The van der Waals surface area contributed by atoms with Gasteiger partial charge in [-0.05, 0) is 42.8 Å². The van der Waals surface area contributed by atoms with Crippen molar-refractivity contribution in [1.82, 2.24) is 9.78 Å². The second kappa shape index (κ2) is 8.43. The van der Waals surface area contributed by atoms with Crippen LogP contribution in [0.25, 0.3) is 17.0 Å². The van der Waals surface area contributed by atoms with Crippen LogP contribution in [0.4, 0.5) is 13.2 Å². The molecule has 0 fully saturated rings. The number of halogens is 3. The monoisotopic (exact) mass is 402 g/mol. The number of aromatic nitrogens is 2. The second-order valence-electron chi connectivity index (χ2n) is 6.35. The Labute approximate surface area is 167 Å². The van der Waals surface area contributed by atoms with Crippen molar-refractivity contribution < 1.29 is 22.6 Å². The molecule has 0 atom stereocenters. The standard InChI is InChI=1S/C22H21F3N2O2/c1-4-29-15(2)21-13-20(17-7-9-18(10-8-17)22(23,24)25)26-27(21)14-16-5-11-19(28-3)12-6-16/h5-13H,2,4,14H2,1,3H3. The second-order valence-corrected chi connectivity index (χ2v) is 6.35. The number of alkyl halides is 3. The van der Waals surface area contributed by atoms with Gasteiger partial charge in [0.25, 0.3) is 0 Å². The predicted octanol–water partition coefficient (Wildman–Crippen LogP) is 5.63. The third-order valence-corrected chi connectivity index (χ3v) is 4.38. The molecule has 0 unspecified atom stereocenters. The van der Waals surface area contributed by atoms with Gasteiger partial charge in [-0.25, -0.2) is 0 Å². The summed E-state index contributed by atoms with van der Waals surface area (Å²) in [5, 5.41) is 4.58. The van der Waals surface area contributed by atoms with Gasteiger partial charge in [0.1, 0.15) is 17.2 Å². The van der Waals surface area contributed by atoms with Crippen LogP contribution in [0.5, 0.6) is 5.75 Å². The van der Waals surface area contributed by atoms with Crippen LogP contribution < -0.4 is 4.74 Å². The van der Waals surface area contributed by atoms with Crippen LogP contribution in [0, 0.1) is 0 Å². The van der Waals surface area contributed by atoms with E-state index >= 15 is 0 Å². The molecule has 0 saturated carbocycles. The van der Waals surface area contributed by atoms with Gasteiger partial charge in [0.2, 0.25) is 0 Å². The summed E-state index contributed by atoms with van der Waals surface area (Å²) in [6.45, 7) is 6.70. The molecule has 1 heterocycles. The van der Waals surface area contributed by atoms with Gasteiger partial charge in [-0.1, -0.05) is 30.8 Å². The number of hydrogen-bond donors (Lipinski definition) is 0. The summed E-state index contributed by atoms with van der Waals surface area (Å²) < 4.78 is 50.9. The summed E-state index contributed by atoms with van der Waals surface area (Å²) in [7, 11) is 1.60. The summed E-state index contributed by atoms with van der Waals surface area (Å²) in [5.74, 6) is 1.20. The first-order valence-corrected chi connectivity index (χ1v) is 9.02. The van der Waals surface area contributed by atoms with Gasteiger partial charge in [-0.15, -0.1) is 0 Å². The van der Waals surface area contributed by atoms with Crippen LogP contribution >= 0.6 is 0 Å². The molecule has 29 heavy (non-hydrogen) atoms. The zero-order chi connectivity index (χ0) is 21.0. The van der Waals surface area contributed by atoms with E-state index in [0.29, 0.717) is 35.9 Å². The predicted molar refractivity (Wildman–Crippen MR) is 105 cm³/mol. The Morgan fingerprint density at radius 3 is 2.28 bits per heavy atom. The van der Waals surface area contributed by atoms with Crippen LogP contribution in [-0.2, 0) is 17.5 Å². The number of rotatable bonds is 7. The van der Waals surface area contributed by atoms with Crippen molar-refractivity contribution in [2.75, 3.05) is 13.7 Å². The van der Waals surface area contributed by atoms with Crippen LogP contribution in [0.3, 0.4) is 0 Å². The van der Waals surface area contributed by atoms with Gasteiger partial charge in [-0.2, -0.15) is 18.3 Å². The van der Waals surface area contributed by atoms with E-state index in [0.717, 1.165) is 23.4 Å². The summed E-state index contributed by atoms with van der Waals surface area (Å²) in [6.07, 6.45) is -4.37. The van der Waals surface area contributed by atoms with Gasteiger partial charge in [0.15, 0.2) is 0 Å². The third kappa shape index (κ3) is 4.80. The lowest BCUT2D eigenvalue weighted by Gasteiger charge is -2.10. The molecule has 0 bridgehead atoms. The number of methoxy groups -OCH3 is 1. The van der Waals surface area contributed by atoms with Crippen molar-refractivity contribution in [2.45, 2.75) is 19.6 Å². The number of hydrogen-bond acceptors (Lipinski definition) is 3. The fourth-order valence-electron chi connectivity index (χ4n) is 2.88. The van der Waals surface area contributed by atoms with Gasteiger partial charge < -0.3 is 9.47 Å². The van der Waals surface area contributed by atoms with Crippen LogP contribution in [0.15, 0.2) is 61.2 Å². The zero-order valence-electron chi connectivity index (χ0n) is 16.2. The summed E-state index contributed by atoms with van der Waals surface area (Å²) >= 11 is 0. The Morgan fingerprint density at radius 1 is 1.07 bits per heavy atom. The van der Waals surface area contributed by atoms with E-state index in [2.05, 4.69) is 11.7 Å². The molecule has 2 aromatic carbocycles. The van der Waals surface area contributed by atoms with E-state index in [9.17, 15) is 13.2 Å². The fourth-order valence-corrected chi connectivity index (χ4v) is 2.88. The van der Waals surface area contributed by atoms with E-state index in [1.54, 1.807) is 17.9 Å². The molecule has 3 aromatic rings. The SMILES string of the molecule is C=C(OCC)c1cc(-c2ccc(C(F)(F)F)cc2)nn1Cc1ccc(OC)cc1. The van der Waals surface area contributed by atoms with Crippen molar-refractivity contribution >= 4 is 5.76 Å². The fraction of sp³-hybridized carbons (Fsp3) is 0.227. The minimum atomic E-state index is -4.37. The lowest BCUT2D eigenvalue weighted by molar-refractivity contribution is -0.137. The molecular formula is C22H21F3N2O2. The Bertz CT molecular complexity index is 975. The van der Waals surface area contributed by atoms with Crippen LogP contribution in [-0.4, -0.2) is 23.5 Å². The maximum Gasteiger partial charge on any atom is 0.416 e. The minimum Gasteiger partial charge on any atom is -0.497 e. The van der Waals surface area contributed by atoms with E-state index in [1.165, 1.54) is 12.1 Å². The first-order chi connectivity index (χ1) is 13.8. The summed E-state index contributed by atoms with van der Waals surface area (Å²) in [4.78, 5) is 0. The molecule has 152 valence electrons. The van der Waals surface area contributed by atoms with Gasteiger partial charge in [0.05, 0.1) is 31.5 Å². The average Bonchev–Trinajstić information content (AvgIpc) is 3.12.